The van der Waals surface area contributed by atoms with Crippen LogP contribution in [0, 0.1) is 0 Å². The zero-order chi connectivity index (χ0) is 20.4. The third kappa shape index (κ3) is 7.12. The summed E-state index contributed by atoms with van der Waals surface area (Å²) in [6, 6.07) is 20.1. The standard InChI is InChI=1S/C25H28N2O/c1-26(2)19-23(21-11-7-5-8-12-21)15-17-25(28)18-16-24(20-27(3)4)22-13-9-6-10-14-22/h5-20H,1-4H3/b17-15+,18-16+,23-19-,24-20-. The zero-order valence-electron chi connectivity index (χ0n) is 17.0. The summed E-state index contributed by atoms with van der Waals surface area (Å²) in [4.78, 5) is 16.4. The number of carbonyl (C=O) groups excluding carboxylic acids is 1. The van der Waals surface area contributed by atoms with Gasteiger partial charge in [0, 0.05) is 40.6 Å². The van der Waals surface area contributed by atoms with Crippen LogP contribution in [-0.4, -0.2) is 43.8 Å². The first-order valence-electron chi connectivity index (χ1n) is 9.23. The number of ketones is 1. The van der Waals surface area contributed by atoms with E-state index in [-0.39, 0.29) is 5.78 Å². The van der Waals surface area contributed by atoms with Gasteiger partial charge >= 0.3 is 0 Å². The SMILES string of the molecule is CN(C)/C=C(/C=C/C(=O)/C=C/C(=C/N(C)C)c1ccccc1)c1ccccc1. The molecule has 0 radical (unpaired) electrons. The van der Waals surface area contributed by atoms with E-state index in [0.29, 0.717) is 0 Å². The second kappa shape index (κ2) is 10.7. The van der Waals surface area contributed by atoms with Crippen LogP contribution in [0.2, 0.25) is 0 Å². The van der Waals surface area contributed by atoms with Gasteiger partial charge in [0.15, 0.2) is 5.78 Å². The summed E-state index contributed by atoms with van der Waals surface area (Å²) in [6.07, 6.45) is 10.9. The Bertz CT molecular complexity index is 800. The Balaban J connectivity index is 2.20. The van der Waals surface area contributed by atoms with Gasteiger partial charge in [-0.3, -0.25) is 4.79 Å². The molecule has 0 aliphatic heterocycles. The van der Waals surface area contributed by atoms with Crippen LogP contribution in [0.5, 0.6) is 0 Å². The number of carbonyl (C=O) groups is 1. The van der Waals surface area contributed by atoms with Crippen LogP contribution < -0.4 is 0 Å². The van der Waals surface area contributed by atoms with Crippen LogP contribution in [0.25, 0.3) is 11.1 Å². The Kier molecular flexibility index (Phi) is 8.04. The minimum atomic E-state index is -0.0545. The van der Waals surface area contributed by atoms with Crippen molar-refractivity contribution in [2.45, 2.75) is 0 Å². The minimum Gasteiger partial charge on any atom is -0.383 e. The van der Waals surface area contributed by atoms with Crippen LogP contribution in [-0.2, 0) is 4.79 Å². The molecule has 0 aliphatic carbocycles. The van der Waals surface area contributed by atoms with E-state index >= 15 is 0 Å². The summed E-state index contributed by atoms with van der Waals surface area (Å²) in [5, 5.41) is 0. The van der Waals surface area contributed by atoms with Gasteiger partial charge in [0.25, 0.3) is 0 Å². The lowest BCUT2D eigenvalue weighted by atomic mass is 10.0. The molecule has 144 valence electrons. The monoisotopic (exact) mass is 372 g/mol. The van der Waals surface area contributed by atoms with Gasteiger partial charge in [0.1, 0.15) is 0 Å². The van der Waals surface area contributed by atoms with Crippen molar-refractivity contribution >= 4 is 16.9 Å². The van der Waals surface area contributed by atoms with Crippen LogP contribution in [0.1, 0.15) is 11.1 Å². The maximum Gasteiger partial charge on any atom is 0.178 e. The van der Waals surface area contributed by atoms with E-state index in [4.69, 9.17) is 0 Å². The topological polar surface area (TPSA) is 23.6 Å². The van der Waals surface area contributed by atoms with E-state index in [9.17, 15) is 4.79 Å². The van der Waals surface area contributed by atoms with Crippen molar-refractivity contribution in [1.82, 2.24) is 9.80 Å². The Hall–Kier alpha value is -3.33. The Morgan fingerprint density at radius 1 is 0.607 bits per heavy atom. The van der Waals surface area contributed by atoms with Gasteiger partial charge in [0.2, 0.25) is 0 Å². The first kappa shape index (κ1) is 21.0. The highest BCUT2D eigenvalue weighted by Gasteiger charge is 2.01. The quantitative estimate of drug-likeness (QED) is 0.488. The molecule has 0 amide bonds. The molecular weight excluding hydrogens is 344 g/mol. The van der Waals surface area contributed by atoms with E-state index in [0.717, 1.165) is 22.3 Å². The lowest BCUT2D eigenvalue weighted by Crippen LogP contribution is -2.02. The fourth-order valence-corrected chi connectivity index (χ4v) is 2.64. The molecule has 0 atom stereocenters. The van der Waals surface area contributed by atoms with Crippen molar-refractivity contribution in [2.24, 2.45) is 0 Å². The number of hydrogen-bond acceptors (Lipinski definition) is 3. The molecule has 28 heavy (non-hydrogen) atoms. The number of hydrogen-bond donors (Lipinski definition) is 0. The molecule has 2 rings (SSSR count). The molecule has 0 unspecified atom stereocenters. The average molecular weight is 373 g/mol. The Labute approximate surface area is 168 Å². The molecule has 0 bridgehead atoms. The second-order valence-corrected chi connectivity index (χ2v) is 6.90. The van der Waals surface area contributed by atoms with Gasteiger partial charge in [-0.1, -0.05) is 60.7 Å². The van der Waals surface area contributed by atoms with Crippen molar-refractivity contribution in [3.05, 3.63) is 108 Å². The van der Waals surface area contributed by atoms with E-state index in [1.54, 1.807) is 12.2 Å². The number of nitrogens with zero attached hydrogens (tertiary/aromatic N) is 2. The lowest BCUT2D eigenvalue weighted by Gasteiger charge is -2.09. The second-order valence-electron chi connectivity index (χ2n) is 6.90. The van der Waals surface area contributed by atoms with Gasteiger partial charge in [0.05, 0.1) is 0 Å². The first-order chi connectivity index (χ1) is 13.5. The zero-order valence-corrected chi connectivity index (χ0v) is 17.0. The van der Waals surface area contributed by atoms with Crippen LogP contribution >= 0.6 is 0 Å². The average Bonchev–Trinajstić information content (AvgIpc) is 2.69. The highest BCUT2D eigenvalue weighted by atomic mass is 16.1. The van der Waals surface area contributed by atoms with Crippen LogP contribution in [0.3, 0.4) is 0 Å². The van der Waals surface area contributed by atoms with E-state index in [2.05, 4.69) is 0 Å². The molecule has 0 heterocycles. The van der Waals surface area contributed by atoms with Crippen LogP contribution in [0.15, 0.2) is 97.4 Å². The van der Waals surface area contributed by atoms with Crippen molar-refractivity contribution < 1.29 is 4.79 Å². The van der Waals surface area contributed by atoms with E-state index in [1.807, 2.05) is 123 Å². The molecule has 3 heteroatoms. The maximum atomic E-state index is 12.4. The molecule has 0 N–H and O–H groups in total. The molecule has 2 aromatic rings. The normalized spacial score (nSPS) is 12.6. The van der Waals surface area contributed by atoms with Crippen LogP contribution in [0.4, 0.5) is 0 Å². The van der Waals surface area contributed by atoms with Gasteiger partial charge in [-0.15, -0.1) is 0 Å². The predicted octanol–water partition coefficient (Wildman–Crippen LogP) is 4.87. The van der Waals surface area contributed by atoms with Crippen molar-refractivity contribution in [2.75, 3.05) is 28.2 Å². The molecule has 0 spiro atoms. The van der Waals surface area contributed by atoms with Crippen molar-refractivity contribution in [1.29, 1.82) is 0 Å². The van der Waals surface area contributed by atoms with E-state index in [1.165, 1.54) is 0 Å². The molecule has 0 aliphatic rings. The van der Waals surface area contributed by atoms with Crippen molar-refractivity contribution in [3.63, 3.8) is 0 Å². The highest BCUT2D eigenvalue weighted by molar-refractivity contribution is 6.02. The smallest absolute Gasteiger partial charge is 0.178 e. The number of allylic oxidation sites excluding steroid dienone is 6. The van der Waals surface area contributed by atoms with Gasteiger partial charge in [-0.05, 0) is 46.6 Å². The lowest BCUT2D eigenvalue weighted by molar-refractivity contribution is -0.110. The molecule has 2 aromatic carbocycles. The Morgan fingerprint density at radius 3 is 1.29 bits per heavy atom. The fraction of sp³-hybridized carbons (Fsp3) is 0.160. The van der Waals surface area contributed by atoms with E-state index < -0.39 is 0 Å². The molecule has 0 fully saturated rings. The van der Waals surface area contributed by atoms with Crippen molar-refractivity contribution in [3.8, 4) is 0 Å². The maximum absolute atomic E-state index is 12.4. The third-order valence-electron chi connectivity index (χ3n) is 3.86. The minimum absolute atomic E-state index is 0.0545. The summed E-state index contributed by atoms with van der Waals surface area (Å²) in [7, 11) is 7.88. The van der Waals surface area contributed by atoms with Gasteiger partial charge < -0.3 is 9.80 Å². The summed E-state index contributed by atoms with van der Waals surface area (Å²) < 4.78 is 0. The summed E-state index contributed by atoms with van der Waals surface area (Å²) in [5.74, 6) is -0.0545. The third-order valence-corrected chi connectivity index (χ3v) is 3.86. The first-order valence-corrected chi connectivity index (χ1v) is 9.23. The molecule has 0 aromatic heterocycles. The van der Waals surface area contributed by atoms with Gasteiger partial charge in [-0.25, -0.2) is 0 Å². The summed E-state index contributed by atoms with van der Waals surface area (Å²) in [5.41, 5.74) is 4.11. The number of benzene rings is 2. The summed E-state index contributed by atoms with van der Waals surface area (Å²) >= 11 is 0. The summed E-state index contributed by atoms with van der Waals surface area (Å²) in [6.45, 7) is 0. The molecular formula is C25H28N2O. The molecule has 0 saturated carbocycles. The highest BCUT2D eigenvalue weighted by Crippen LogP contribution is 2.17. The Morgan fingerprint density at radius 2 is 0.964 bits per heavy atom. The molecule has 0 saturated heterocycles. The largest absolute Gasteiger partial charge is 0.383 e. The fourth-order valence-electron chi connectivity index (χ4n) is 2.64. The van der Waals surface area contributed by atoms with Gasteiger partial charge in [-0.2, -0.15) is 0 Å². The predicted molar refractivity (Wildman–Crippen MR) is 119 cm³/mol. The number of rotatable bonds is 8. The molecule has 3 nitrogen and oxygen atoms in total.